The average Bonchev–Trinajstić information content (AvgIpc) is 3.00. The molecule has 0 saturated heterocycles. The molecule has 0 unspecified atom stereocenters. The van der Waals surface area contributed by atoms with Gasteiger partial charge in [-0.1, -0.05) is 12.1 Å². The number of aromatic nitrogens is 2. The monoisotopic (exact) mass is 323 g/mol. The van der Waals surface area contributed by atoms with Gasteiger partial charge in [-0.25, -0.2) is 4.98 Å². The van der Waals surface area contributed by atoms with Crippen molar-refractivity contribution in [3.8, 4) is 10.6 Å². The summed E-state index contributed by atoms with van der Waals surface area (Å²) in [6.45, 7) is 5.13. The molecule has 0 aliphatic rings. The number of nitrogens with zero attached hydrogens (tertiary/aromatic N) is 2. The Bertz CT molecular complexity index is 780. The van der Waals surface area contributed by atoms with Gasteiger partial charge in [0.15, 0.2) is 0 Å². The topological polar surface area (TPSA) is 37.8 Å². The van der Waals surface area contributed by atoms with E-state index in [-0.39, 0.29) is 0 Å². The second-order valence-electron chi connectivity index (χ2n) is 5.71. The first-order valence-electron chi connectivity index (χ1n) is 7.88. The summed E-state index contributed by atoms with van der Waals surface area (Å²) >= 11 is 1.69. The molecule has 2 aromatic heterocycles. The van der Waals surface area contributed by atoms with Gasteiger partial charge >= 0.3 is 0 Å². The fraction of sp³-hybridized carbons (Fsp3) is 0.263. The largest absolute Gasteiger partial charge is 0.385 e. The van der Waals surface area contributed by atoms with Crippen LogP contribution < -0.4 is 5.32 Å². The smallest absolute Gasteiger partial charge is 0.123 e. The van der Waals surface area contributed by atoms with Gasteiger partial charge in [0.1, 0.15) is 5.01 Å². The van der Waals surface area contributed by atoms with Crippen LogP contribution in [0.3, 0.4) is 0 Å². The van der Waals surface area contributed by atoms with Gasteiger partial charge in [-0.05, 0) is 56.0 Å². The van der Waals surface area contributed by atoms with Crippen LogP contribution in [-0.2, 0) is 6.42 Å². The van der Waals surface area contributed by atoms with E-state index in [1.54, 1.807) is 11.3 Å². The predicted octanol–water partition coefficient (Wildman–Crippen LogP) is 4.87. The Kier molecular flexibility index (Phi) is 5.03. The molecule has 1 N–H and O–H groups in total. The highest BCUT2D eigenvalue weighted by molar-refractivity contribution is 7.13. The van der Waals surface area contributed by atoms with E-state index in [2.05, 4.69) is 57.9 Å². The Hall–Kier alpha value is -2.20. The first kappa shape index (κ1) is 15.7. The van der Waals surface area contributed by atoms with Crippen molar-refractivity contribution in [2.75, 3.05) is 11.9 Å². The lowest BCUT2D eigenvalue weighted by atomic mass is 10.1. The fourth-order valence-electron chi connectivity index (χ4n) is 2.52. The molecule has 0 bridgehead atoms. The molecule has 0 aliphatic carbocycles. The highest BCUT2D eigenvalue weighted by atomic mass is 32.1. The lowest BCUT2D eigenvalue weighted by molar-refractivity contribution is 0.852. The summed E-state index contributed by atoms with van der Waals surface area (Å²) in [6.07, 6.45) is 5.97. The predicted molar refractivity (Wildman–Crippen MR) is 98.1 cm³/mol. The van der Waals surface area contributed by atoms with E-state index in [1.165, 1.54) is 16.7 Å². The van der Waals surface area contributed by atoms with E-state index in [0.29, 0.717) is 0 Å². The molecule has 2 heterocycles. The molecule has 0 spiro atoms. The van der Waals surface area contributed by atoms with Crippen LogP contribution >= 0.6 is 11.3 Å². The van der Waals surface area contributed by atoms with Gasteiger partial charge in [0.2, 0.25) is 0 Å². The van der Waals surface area contributed by atoms with Gasteiger partial charge in [-0.2, -0.15) is 0 Å². The Morgan fingerprint density at radius 3 is 2.87 bits per heavy atom. The summed E-state index contributed by atoms with van der Waals surface area (Å²) in [7, 11) is 0. The van der Waals surface area contributed by atoms with E-state index in [1.807, 2.05) is 19.3 Å². The lowest BCUT2D eigenvalue weighted by Gasteiger charge is -2.08. The molecule has 118 valence electrons. The average molecular weight is 323 g/mol. The molecule has 0 amide bonds. The van der Waals surface area contributed by atoms with Crippen LogP contribution in [0.15, 0.2) is 48.1 Å². The van der Waals surface area contributed by atoms with Crippen LogP contribution in [-0.4, -0.2) is 16.5 Å². The first-order chi connectivity index (χ1) is 11.2. The van der Waals surface area contributed by atoms with Crippen molar-refractivity contribution in [2.24, 2.45) is 0 Å². The van der Waals surface area contributed by atoms with Gasteiger partial charge in [0, 0.05) is 41.3 Å². The third kappa shape index (κ3) is 4.17. The quantitative estimate of drug-likeness (QED) is 0.658. The normalized spacial score (nSPS) is 10.7. The standard InChI is InChI=1S/C19H21N3S/c1-14-8-10-20-12-17(14)6-4-9-21-18-7-3-5-16(11-18)19-22-15(2)13-23-19/h3,5,7-8,10-13,21H,4,6,9H2,1-2H3. The van der Waals surface area contributed by atoms with E-state index in [4.69, 9.17) is 0 Å². The van der Waals surface area contributed by atoms with Crippen molar-refractivity contribution in [1.29, 1.82) is 0 Å². The van der Waals surface area contributed by atoms with Gasteiger partial charge in [-0.15, -0.1) is 11.3 Å². The molecule has 3 aromatic rings. The zero-order valence-electron chi connectivity index (χ0n) is 13.5. The van der Waals surface area contributed by atoms with Crippen LogP contribution in [0, 0.1) is 13.8 Å². The maximum atomic E-state index is 4.55. The summed E-state index contributed by atoms with van der Waals surface area (Å²) in [5.74, 6) is 0. The number of rotatable bonds is 6. The van der Waals surface area contributed by atoms with E-state index >= 15 is 0 Å². The summed E-state index contributed by atoms with van der Waals surface area (Å²) in [5, 5.41) is 6.68. The SMILES string of the molecule is Cc1csc(-c2cccc(NCCCc3cnccc3C)c2)n1. The van der Waals surface area contributed by atoms with Gasteiger partial charge in [0.05, 0.1) is 0 Å². The summed E-state index contributed by atoms with van der Waals surface area (Å²) in [5.41, 5.74) is 6.06. The third-order valence-electron chi connectivity index (χ3n) is 3.83. The minimum absolute atomic E-state index is 0.953. The molecular formula is C19H21N3S. The van der Waals surface area contributed by atoms with Crippen molar-refractivity contribution in [3.05, 3.63) is 64.9 Å². The Labute approximate surface area is 141 Å². The molecule has 1 aromatic carbocycles. The van der Waals surface area contributed by atoms with Gasteiger partial charge < -0.3 is 5.32 Å². The Balaban J connectivity index is 1.56. The highest BCUT2D eigenvalue weighted by Gasteiger charge is 2.03. The Morgan fingerprint density at radius 1 is 1.17 bits per heavy atom. The van der Waals surface area contributed by atoms with Crippen LogP contribution in [0.25, 0.3) is 10.6 Å². The van der Waals surface area contributed by atoms with Crippen LogP contribution in [0.4, 0.5) is 5.69 Å². The number of pyridine rings is 1. The van der Waals surface area contributed by atoms with E-state index < -0.39 is 0 Å². The summed E-state index contributed by atoms with van der Waals surface area (Å²) in [4.78, 5) is 8.76. The van der Waals surface area contributed by atoms with Crippen molar-refractivity contribution < 1.29 is 0 Å². The van der Waals surface area contributed by atoms with Crippen molar-refractivity contribution in [1.82, 2.24) is 9.97 Å². The highest BCUT2D eigenvalue weighted by Crippen LogP contribution is 2.25. The van der Waals surface area contributed by atoms with Crippen molar-refractivity contribution in [3.63, 3.8) is 0 Å². The van der Waals surface area contributed by atoms with Gasteiger partial charge in [0.25, 0.3) is 0 Å². The molecule has 3 rings (SSSR count). The number of hydrogen-bond donors (Lipinski definition) is 1. The molecular weight excluding hydrogens is 302 g/mol. The maximum Gasteiger partial charge on any atom is 0.123 e. The fourth-order valence-corrected chi connectivity index (χ4v) is 3.31. The van der Waals surface area contributed by atoms with Gasteiger partial charge in [-0.3, -0.25) is 4.98 Å². The maximum absolute atomic E-state index is 4.55. The minimum atomic E-state index is 0.953. The number of aryl methyl sites for hydroxylation is 3. The zero-order valence-corrected chi connectivity index (χ0v) is 14.4. The number of benzene rings is 1. The molecule has 0 saturated carbocycles. The third-order valence-corrected chi connectivity index (χ3v) is 4.84. The Morgan fingerprint density at radius 2 is 2.09 bits per heavy atom. The minimum Gasteiger partial charge on any atom is -0.385 e. The number of thiazole rings is 1. The van der Waals surface area contributed by atoms with Crippen LogP contribution in [0.1, 0.15) is 23.2 Å². The number of hydrogen-bond acceptors (Lipinski definition) is 4. The molecule has 0 aliphatic heterocycles. The molecule has 0 atom stereocenters. The van der Waals surface area contributed by atoms with Crippen molar-refractivity contribution in [2.45, 2.75) is 26.7 Å². The summed E-state index contributed by atoms with van der Waals surface area (Å²) < 4.78 is 0. The second-order valence-corrected chi connectivity index (χ2v) is 6.57. The zero-order chi connectivity index (χ0) is 16.1. The van der Waals surface area contributed by atoms with Crippen LogP contribution in [0.2, 0.25) is 0 Å². The molecule has 0 radical (unpaired) electrons. The molecule has 23 heavy (non-hydrogen) atoms. The van der Waals surface area contributed by atoms with Crippen molar-refractivity contribution >= 4 is 17.0 Å². The number of anilines is 1. The lowest BCUT2D eigenvalue weighted by Crippen LogP contribution is -2.03. The molecule has 4 heteroatoms. The number of nitrogens with one attached hydrogen (secondary N) is 1. The second kappa shape index (κ2) is 7.38. The van der Waals surface area contributed by atoms with E-state index in [9.17, 15) is 0 Å². The van der Waals surface area contributed by atoms with E-state index in [0.717, 1.165) is 35.8 Å². The molecule has 3 nitrogen and oxygen atoms in total. The van der Waals surface area contributed by atoms with Crippen LogP contribution in [0.5, 0.6) is 0 Å². The first-order valence-corrected chi connectivity index (χ1v) is 8.76. The summed E-state index contributed by atoms with van der Waals surface area (Å²) in [6, 6.07) is 10.6. The molecule has 0 fully saturated rings.